The standard InChI is InChI=1S/C14H29ClN2/c1-4-17-10-5-6-14(17)12-16(3)11-8-13(2)7-9-15/h13-14H,4-12H2,1-3H3. The molecule has 2 atom stereocenters. The quantitative estimate of drug-likeness (QED) is 0.619. The molecule has 1 aliphatic heterocycles. The molecule has 17 heavy (non-hydrogen) atoms. The normalized spacial score (nSPS) is 23.5. The van der Waals surface area contributed by atoms with Gasteiger partial charge >= 0.3 is 0 Å². The minimum atomic E-state index is 0.765. The zero-order valence-electron chi connectivity index (χ0n) is 11.8. The molecule has 2 nitrogen and oxygen atoms in total. The van der Waals surface area contributed by atoms with Crippen molar-refractivity contribution in [3.63, 3.8) is 0 Å². The van der Waals surface area contributed by atoms with E-state index in [9.17, 15) is 0 Å². The van der Waals surface area contributed by atoms with Crippen LogP contribution in [0.25, 0.3) is 0 Å². The molecule has 0 aromatic carbocycles. The first-order valence-corrected chi connectivity index (χ1v) is 7.69. The maximum absolute atomic E-state index is 5.77. The van der Waals surface area contributed by atoms with E-state index < -0.39 is 0 Å². The Morgan fingerprint density at radius 2 is 2.18 bits per heavy atom. The van der Waals surface area contributed by atoms with Crippen LogP contribution in [0.5, 0.6) is 0 Å². The molecule has 1 aliphatic rings. The van der Waals surface area contributed by atoms with Crippen molar-refractivity contribution in [2.45, 2.75) is 45.6 Å². The van der Waals surface area contributed by atoms with Crippen LogP contribution in [0.15, 0.2) is 0 Å². The first-order chi connectivity index (χ1) is 8.17. The summed E-state index contributed by atoms with van der Waals surface area (Å²) in [5, 5.41) is 0. The number of rotatable bonds is 8. The van der Waals surface area contributed by atoms with Crippen LogP contribution in [0.3, 0.4) is 0 Å². The van der Waals surface area contributed by atoms with Crippen LogP contribution in [-0.4, -0.2) is 54.9 Å². The lowest BCUT2D eigenvalue weighted by Crippen LogP contribution is -2.39. The van der Waals surface area contributed by atoms with Crippen molar-refractivity contribution in [1.82, 2.24) is 9.80 Å². The predicted molar refractivity (Wildman–Crippen MR) is 76.9 cm³/mol. The van der Waals surface area contributed by atoms with Gasteiger partial charge in [-0.2, -0.15) is 0 Å². The van der Waals surface area contributed by atoms with Crippen molar-refractivity contribution in [2.24, 2.45) is 5.92 Å². The van der Waals surface area contributed by atoms with E-state index in [1.165, 1.54) is 45.4 Å². The summed E-state index contributed by atoms with van der Waals surface area (Å²) in [4.78, 5) is 5.13. The van der Waals surface area contributed by atoms with Crippen molar-refractivity contribution in [1.29, 1.82) is 0 Å². The highest BCUT2D eigenvalue weighted by Gasteiger charge is 2.23. The first-order valence-electron chi connectivity index (χ1n) is 7.16. The molecular weight excluding hydrogens is 232 g/mol. The molecule has 0 N–H and O–H groups in total. The Kier molecular flexibility index (Phi) is 7.49. The molecule has 102 valence electrons. The Morgan fingerprint density at radius 3 is 2.82 bits per heavy atom. The van der Waals surface area contributed by atoms with Gasteiger partial charge in [-0.1, -0.05) is 13.8 Å². The van der Waals surface area contributed by atoms with Gasteiger partial charge < -0.3 is 4.90 Å². The van der Waals surface area contributed by atoms with Crippen molar-refractivity contribution in [3.05, 3.63) is 0 Å². The van der Waals surface area contributed by atoms with Gasteiger partial charge in [-0.25, -0.2) is 0 Å². The fraction of sp³-hybridized carbons (Fsp3) is 1.00. The number of hydrogen-bond acceptors (Lipinski definition) is 2. The summed E-state index contributed by atoms with van der Waals surface area (Å²) in [6.07, 6.45) is 5.20. The zero-order chi connectivity index (χ0) is 12.7. The Hall–Kier alpha value is 0.210. The molecule has 0 amide bonds. The molecule has 0 spiro atoms. The monoisotopic (exact) mass is 260 g/mol. The smallest absolute Gasteiger partial charge is 0.0225 e. The van der Waals surface area contributed by atoms with Crippen LogP contribution < -0.4 is 0 Å². The maximum Gasteiger partial charge on any atom is 0.0225 e. The summed E-state index contributed by atoms with van der Waals surface area (Å²) in [5.41, 5.74) is 0. The molecule has 0 saturated carbocycles. The summed E-state index contributed by atoms with van der Waals surface area (Å²) in [6.45, 7) is 9.55. The van der Waals surface area contributed by atoms with E-state index in [-0.39, 0.29) is 0 Å². The van der Waals surface area contributed by atoms with Gasteiger partial charge in [0.2, 0.25) is 0 Å². The van der Waals surface area contributed by atoms with Gasteiger partial charge in [0.05, 0.1) is 0 Å². The molecule has 1 heterocycles. The molecule has 0 radical (unpaired) electrons. The predicted octanol–water partition coefficient (Wildman–Crippen LogP) is 3.06. The Bertz CT molecular complexity index is 199. The number of halogens is 1. The van der Waals surface area contributed by atoms with Crippen molar-refractivity contribution in [2.75, 3.05) is 39.1 Å². The average molecular weight is 261 g/mol. The second-order valence-corrected chi connectivity index (χ2v) is 5.94. The van der Waals surface area contributed by atoms with Crippen molar-refractivity contribution >= 4 is 11.6 Å². The van der Waals surface area contributed by atoms with Gasteiger partial charge in [0, 0.05) is 18.5 Å². The number of nitrogens with zero attached hydrogens (tertiary/aromatic N) is 2. The van der Waals surface area contributed by atoms with E-state index in [1.54, 1.807) is 0 Å². The third kappa shape index (κ3) is 5.58. The molecular formula is C14H29ClN2. The highest BCUT2D eigenvalue weighted by atomic mass is 35.5. The molecule has 0 aliphatic carbocycles. The van der Waals surface area contributed by atoms with E-state index in [0.717, 1.165) is 24.3 Å². The average Bonchev–Trinajstić information content (AvgIpc) is 2.74. The number of likely N-dealkylation sites (N-methyl/N-ethyl adjacent to an activating group) is 2. The van der Waals surface area contributed by atoms with Crippen LogP contribution in [0.4, 0.5) is 0 Å². The van der Waals surface area contributed by atoms with E-state index in [0.29, 0.717) is 0 Å². The summed E-state index contributed by atoms with van der Waals surface area (Å²) >= 11 is 5.77. The van der Waals surface area contributed by atoms with Crippen LogP contribution in [0.1, 0.15) is 39.5 Å². The van der Waals surface area contributed by atoms with E-state index in [2.05, 4.69) is 30.7 Å². The molecule has 0 aromatic rings. The van der Waals surface area contributed by atoms with Gasteiger partial charge in [-0.3, -0.25) is 4.90 Å². The summed E-state index contributed by atoms with van der Waals surface area (Å²) in [6, 6.07) is 0.799. The van der Waals surface area contributed by atoms with E-state index in [1.807, 2.05) is 0 Å². The Labute approximate surface area is 112 Å². The highest BCUT2D eigenvalue weighted by Crippen LogP contribution is 2.17. The van der Waals surface area contributed by atoms with E-state index >= 15 is 0 Å². The van der Waals surface area contributed by atoms with Crippen LogP contribution in [0, 0.1) is 5.92 Å². The third-order valence-electron chi connectivity index (χ3n) is 4.03. The molecule has 1 saturated heterocycles. The lowest BCUT2D eigenvalue weighted by molar-refractivity contribution is 0.192. The van der Waals surface area contributed by atoms with Crippen LogP contribution in [-0.2, 0) is 0 Å². The first kappa shape index (κ1) is 15.3. The Balaban J connectivity index is 2.17. The summed E-state index contributed by atoms with van der Waals surface area (Å²) in [5.74, 6) is 1.57. The Morgan fingerprint density at radius 1 is 1.41 bits per heavy atom. The van der Waals surface area contributed by atoms with Crippen LogP contribution >= 0.6 is 11.6 Å². The lowest BCUT2D eigenvalue weighted by atomic mass is 10.0. The van der Waals surface area contributed by atoms with Gasteiger partial charge in [0.1, 0.15) is 0 Å². The number of hydrogen-bond donors (Lipinski definition) is 0. The van der Waals surface area contributed by atoms with Crippen molar-refractivity contribution in [3.8, 4) is 0 Å². The second kappa shape index (κ2) is 8.34. The zero-order valence-corrected chi connectivity index (χ0v) is 12.5. The maximum atomic E-state index is 5.77. The molecule has 0 bridgehead atoms. The molecule has 1 fully saturated rings. The van der Waals surface area contributed by atoms with Gasteiger partial charge in [-0.15, -0.1) is 11.6 Å². The highest BCUT2D eigenvalue weighted by molar-refractivity contribution is 6.17. The summed E-state index contributed by atoms with van der Waals surface area (Å²) < 4.78 is 0. The minimum Gasteiger partial charge on any atom is -0.305 e. The van der Waals surface area contributed by atoms with Gasteiger partial charge in [0.25, 0.3) is 0 Å². The number of likely N-dealkylation sites (tertiary alicyclic amines) is 1. The number of alkyl halides is 1. The SMILES string of the molecule is CCN1CCCC1CN(C)CCC(C)CCCl. The largest absolute Gasteiger partial charge is 0.305 e. The fourth-order valence-electron chi connectivity index (χ4n) is 2.74. The molecule has 2 unspecified atom stereocenters. The lowest BCUT2D eigenvalue weighted by Gasteiger charge is -2.28. The molecule has 0 aromatic heterocycles. The van der Waals surface area contributed by atoms with Crippen LogP contribution in [0.2, 0.25) is 0 Å². The topological polar surface area (TPSA) is 6.48 Å². The van der Waals surface area contributed by atoms with Crippen molar-refractivity contribution < 1.29 is 0 Å². The minimum absolute atomic E-state index is 0.765. The van der Waals surface area contributed by atoms with Gasteiger partial charge in [0.15, 0.2) is 0 Å². The second-order valence-electron chi connectivity index (χ2n) is 5.56. The van der Waals surface area contributed by atoms with Gasteiger partial charge in [-0.05, 0) is 58.3 Å². The van der Waals surface area contributed by atoms with E-state index in [4.69, 9.17) is 11.6 Å². The summed E-state index contributed by atoms with van der Waals surface area (Å²) in [7, 11) is 2.26. The molecule has 3 heteroatoms. The fourth-order valence-corrected chi connectivity index (χ4v) is 3.11. The molecule has 1 rings (SSSR count). The third-order valence-corrected chi connectivity index (χ3v) is 4.25.